The monoisotopic (exact) mass is 276 g/mol. The van der Waals surface area contributed by atoms with Gasteiger partial charge in [-0.25, -0.2) is 9.37 Å². The lowest BCUT2D eigenvalue weighted by atomic mass is 10.1. The minimum Gasteiger partial charge on any atom is -0.337 e. The summed E-state index contributed by atoms with van der Waals surface area (Å²) in [5.41, 5.74) is 1.59. The fourth-order valence-corrected chi connectivity index (χ4v) is 2.87. The molecule has 1 aromatic carbocycles. The molecule has 2 aromatic rings. The molecule has 1 saturated heterocycles. The second kappa shape index (κ2) is 5.40. The number of nitrogens with zero attached hydrogens (tertiary/aromatic N) is 2. The Labute approximate surface area is 118 Å². The molecule has 1 aromatic heterocycles. The third-order valence-electron chi connectivity index (χ3n) is 4.17. The summed E-state index contributed by atoms with van der Waals surface area (Å²) in [5, 5.41) is 3.57. The van der Waals surface area contributed by atoms with Gasteiger partial charge in [0.2, 0.25) is 5.95 Å². The first kappa shape index (κ1) is 13.4. The molecule has 3 rings (SSSR count). The summed E-state index contributed by atoms with van der Waals surface area (Å²) in [7, 11) is 0. The number of aromatic nitrogens is 2. The van der Waals surface area contributed by atoms with Gasteiger partial charge >= 0.3 is 0 Å². The van der Waals surface area contributed by atoms with Gasteiger partial charge in [-0.15, -0.1) is 0 Å². The standard InChI is InChI=1S/C15H21FN4/c1-3-11-9-20(12(4-2)8-17-11)15-18-13-6-5-10(16)7-14(13)19-15/h5-7,11-12,17H,3-4,8-9H2,1-2H3,(H,18,19). The molecular weight excluding hydrogens is 255 g/mol. The molecule has 108 valence electrons. The fraction of sp³-hybridized carbons (Fsp3) is 0.533. The average Bonchev–Trinajstić information content (AvgIpc) is 2.89. The number of benzene rings is 1. The van der Waals surface area contributed by atoms with E-state index in [1.807, 2.05) is 0 Å². The zero-order chi connectivity index (χ0) is 14.1. The molecule has 2 atom stereocenters. The van der Waals surface area contributed by atoms with E-state index in [0.717, 1.165) is 42.9 Å². The molecule has 0 radical (unpaired) electrons. The van der Waals surface area contributed by atoms with Crippen molar-refractivity contribution in [1.82, 2.24) is 15.3 Å². The highest BCUT2D eigenvalue weighted by molar-refractivity contribution is 5.77. The van der Waals surface area contributed by atoms with Crippen LogP contribution in [0.25, 0.3) is 11.0 Å². The first-order valence-electron chi connectivity index (χ1n) is 7.36. The molecule has 4 nitrogen and oxygen atoms in total. The van der Waals surface area contributed by atoms with Crippen LogP contribution < -0.4 is 10.2 Å². The lowest BCUT2D eigenvalue weighted by molar-refractivity contribution is 0.375. The second-order valence-corrected chi connectivity index (χ2v) is 5.45. The Kier molecular flexibility index (Phi) is 3.61. The van der Waals surface area contributed by atoms with Crippen LogP contribution in [0, 0.1) is 5.82 Å². The zero-order valence-corrected chi connectivity index (χ0v) is 12.0. The molecule has 0 spiro atoms. The van der Waals surface area contributed by atoms with E-state index in [9.17, 15) is 4.39 Å². The SMILES string of the molecule is CCC1CN(c2nc3ccc(F)cc3[nH]2)C(CC)CN1. The van der Waals surface area contributed by atoms with Crippen molar-refractivity contribution in [2.45, 2.75) is 38.8 Å². The number of H-pyrrole nitrogens is 1. The van der Waals surface area contributed by atoms with Gasteiger partial charge < -0.3 is 15.2 Å². The van der Waals surface area contributed by atoms with Crippen LogP contribution in [-0.2, 0) is 0 Å². The van der Waals surface area contributed by atoms with Crippen molar-refractivity contribution < 1.29 is 4.39 Å². The number of hydrogen-bond acceptors (Lipinski definition) is 3. The van der Waals surface area contributed by atoms with E-state index < -0.39 is 0 Å². The lowest BCUT2D eigenvalue weighted by Crippen LogP contribution is -2.56. The van der Waals surface area contributed by atoms with Crippen molar-refractivity contribution in [3.8, 4) is 0 Å². The van der Waals surface area contributed by atoms with Crippen molar-refractivity contribution >= 4 is 17.0 Å². The molecule has 2 unspecified atom stereocenters. The summed E-state index contributed by atoms with van der Waals surface area (Å²) >= 11 is 0. The number of rotatable bonds is 3. The third-order valence-corrected chi connectivity index (χ3v) is 4.17. The van der Waals surface area contributed by atoms with Crippen LogP contribution in [0.1, 0.15) is 26.7 Å². The Morgan fingerprint density at radius 2 is 2.20 bits per heavy atom. The van der Waals surface area contributed by atoms with Crippen LogP contribution in [0.15, 0.2) is 18.2 Å². The van der Waals surface area contributed by atoms with E-state index >= 15 is 0 Å². The number of hydrogen-bond donors (Lipinski definition) is 2. The molecule has 1 aliphatic heterocycles. The number of nitrogens with one attached hydrogen (secondary N) is 2. The summed E-state index contributed by atoms with van der Waals surface area (Å²) in [5.74, 6) is 0.629. The highest BCUT2D eigenvalue weighted by atomic mass is 19.1. The first-order valence-corrected chi connectivity index (χ1v) is 7.36. The largest absolute Gasteiger partial charge is 0.337 e. The molecule has 1 aliphatic rings. The van der Waals surface area contributed by atoms with Crippen molar-refractivity contribution in [2.24, 2.45) is 0 Å². The predicted octanol–water partition coefficient (Wildman–Crippen LogP) is 2.67. The van der Waals surface area contributed by atoms with Crippen LogP contribution >= 0.6 is 0 Å². The van der Waals surface area contributed by atoms with Crippen molar-refractivity contribution in [2.75, 3.05) is 18.0 Å². The average molecular weight is 276 g/mol. The second-order valence-electron chi connectivity index (χ2n) is 5.45. The van der Waals surface area contributed by atoms with Gasteiger partial charge in [-0.2, -0.15) is 0 Å². The number of fused-ring (bicyclic) bond motifs is 1. The highest BCUT2D eigenvalue weighted by Gasteiger charge is 2.27. The van der Waals surface area contributed by atoms with Gasteiger partial charge in [-0.05, 0) is 31.0 Å². The minimum atomic E-state index is -0.230. The molecule has 2 heterocycles. The van der Waals surface area contributed by atoms with Gasteiger partial charge in [0.05, 0.1) is 11.0 Å². The van der Waals surface area contributed by atoms with Crippen LogP contribution in [0.3, 0.4) is 0 Å². The Hall–Kier alpha value is -1.62. The molecular formula is C15H21FN4. The summed E-state index contributed by atoms with van der Waals surface area (Å²) in [6, 6.07) is 5.61. The quantitative estimate of drug-likeness (QED) is 0.906. The summed E-state index contributed by atoms with van der Waals surface area (Å²) in [4.78, 5) is 10.2. The van der Waals surface area contributed by atoms with Crippen molar-refractivity contribution in [3.05, 3.63) is 24.0 Å². The van der Waals surface area contributed by atoms with Gasteiger partial charge in [-0.1, -0.05) is 13.8 Å². The van der Waals surface area contributed by atoms with E-state index in [-0.39, 0.29) is 5.82 Å². The summed E-state index contributed by atoms with van der Waals surface area (Å²) < 4.78 is 13.3. The maximum Gasteiger partial charge on any atom is 0.204 e. The molecule has 0 bridgehead atoms. The normalized spacial score (nSPS) is 23.4. The number of piperazine rings is 1. The lowest BCUT2D eigenvalue weighted by Gasteiger charge is -2.39. The minimum absolute atomic E-state index is 0.230. The molecule has 0 aliphatic carbocycles. The molecule has 2 N–H and O–H groups in total. The number of aromatic amines is 1. The van der Waals surface area contributed by atoms with Gasteiger partial charge in [0.25, 0.3) is 0 Å². The maximum absolute atomic E-state index is 13.3. The van der Waals surface area contributed by atoms with Crippen LogP contribution in [-0.4, -0.2) is 35.1 Å². The Morgan fingerprint density at radius 3 is 2.95 bits per heavy atom. The Morgan fingerprint density at radius 1 is 1.35 bits per heavy atom. The summed E-state index contributed by atoms with van der Waals surface area (Å²) in [6.45, 7) is 6.29. The van der Waals surface area contributed by atoms with E-state index in [4.69, 9.17) is 0 Å². The van der Waals surface area contributed by atoms with Crippen molar-refractivity contribution in [1.29, 1.82) is 0 Å². The summed E-state index contributed by atoms with van der Waals surface area (Å²) in [6.07, 6.45) is 2.16. The number of anilines is 1. The fourth-order valence-electron chi connectivity index (χ4n) is 2.87. The van der Waals surface area contributed by atoms with E-state index in [2.05, 4.69) is 34.0 Å². The number of imidazole rings is 1. The zero-order valence-electron chi connectivity index (χ0n) is 12.0. The van der Waals surface area contributed by atoms with Gasteiger partial charge in [-0.3, -0.25) is 0 Å². The van der Waals surface area contributed by atoms with E-state index in [1.165, 1.54) is 12.1 Å². The molecule has 0 amide bonds. The molecule has 5 heteroatoms. The van der Waals surface area contributed by atoms with Crippen LogP contribution in [0.5, 0.6) is 0 Å². The molecule has 20 heavy (non-hydrogen) atoms. The van der Waals surface area contributed by atoms with E-state index in [1.54, 1.807) is 6.07 Å². The van der Waals surface area contributed by atoms with Crippen LogP contribution in [0.2, 0.25) is 0 Å². The Balaban J connectivity index is 1.94. The van der Waals surface area contributed by atoms with Crippen LogP contribution in [0.4, 0.5) is 10.3 Å². The third kappa shape index (κ3) is 2.38. The molecule has 0 saturated carbocycles. The number of halogens is 1. The predicted molar refractivity (Wildman–Crippen MR) is 79.6 cm³/mol. The first-order chi connectivity index (χ1) is 9.71. The van der Waals surface area contributed by atoms with Gasteiger partial charge in [0, 0.05) is 25.2 Å². The molecule has 1 fully saturated rings. The highest BCUT2D eigenvalue weighted by Crippen LogP contribution is 2.23. The topological polar surface area (TPSA) is 44.0 Å². The van der Waals surface area contributed by atoms with Gasteiger partial charge in [0.1, 0.15) is 5.82 Å². The maximum atomic E-state index is 13.3. The van der Waals surface area contributed by atoms with Crippen molar-refractivity contribution in [3.63, 3.8) is 0 Å². The van der Waals surface area contributed by atoms with E-state index in [0.29, 0.717) is 12.1 Å². The smallest absolute Gasteiger partial charge is 0.204 e. The Bertz CT molecular complexity index is 595. The van der Waals surface area contributed by atoms with Gasteiger partial charge in [0.15, 0.2) is 0 Å².